The number of benzene rings is 1. The molecular formula is C13H20FN3O. The summed E-state index contributed by atoms with van der Waals surface area (Å²) >= 11 is 0. The lowest BCUT2D eigenvalue weighted by Gasteiger charge is -2.10. The van der Waals surface area contributed by atoms with Crippen LogP contribution in [0.5, 0.6) is 0 Å². The van der Waals surface area contributed by atoms with Crippen LogP contribution in [0.1, 0.15) is 6.42 Å². The molecule has 1 aromatic carbocycles. The summed E-state index contributed by atoms with van der Waals surface area (Å²) in [6.45, 7) is 2.44. The predicted molar refractivity (Wildman–Crippen MR) is 71.1 cm³/mol. The van der Waals surface area contributed by atoms with Crippen molar-refractivity contribution in [3.05, 3.63) is 30.1 Å². The van der Waals surface area contributed by atoms with Crippen LogP contribution in [-0.2, 0) is 4.79 Å². The van der Waals surface area contributed by atoms with E-state index >= 15 is 0 Å². The number of carbonyl (C=O) groups excluding carboxylic acids is 1. The minimum atomic E-state index is -0.307. The first-order chi connectivity index (χ1) is 8.58. The molecule has 1 amide bonds. The Morgan fingerprint density at radius 3 is 2.50 bits per heavy atom. The minimum Gasteiger partial charge on any atom is -0.326 e. The number of likely N-dealkylation sites (N-methyl/N-ethyl adjacent to an activating group) is 1. The summed E-state index contributed by atoms with van der Waals surface area (Å²) in [5, 5.41) is 5.89. The van der Waals surface area contributed by atoms with Crippen molar-refractivity contribution in [2.24, 2.45) is 0 Å². The highest BCUT2D eigenvalue weighted by Crippen LogP contribution is 2.08. The van der Waals surface area contributed by atoms with Crippen LogP contribution in [0.4, 0.5) is 10.1 Å². The second-order valence-corrected chi connectivity index (χ2v) is 4.36. The number of amides is 1. The van der Waals surface area contributed by atoms with Crippen LogP contribution in [-0.4, -0.2) is 44.5 Å². The van der Waals surface area contributed by atoms with Crippen LogP contribution in [0, 0.1) is 5.82 Å². The quantitative estimate of drug-likeness (QED) is 0.720. The van der Waals surface area contributed by atoms with Gasteiger partial charge in [0.2, 0.25) is 5.91 Å². The minimum absolute atomic E-state index is 0.0704. The highest BCUT2D eigenvalue weighted by Gasteiger charge is 2.02. The smallest absolute Gasteiger partial charge is 0.225 e. The van der Waals surface area contributed by atoms with Gasteiger partial charge in [-0.3, -0.25) is 4.79 Å². The van der Waals surface area contributed by atoms with Crippen LogP contribution in [0.3, 0.4) is 0 Å². The van der Waals surface area contributed by atoms with E-state index in [1.807, 2.05) is 14.1 Å². The number of anilines is 1. The highest BCUT2D eigenvalue weighted by molar-refractivity contribution is 5.90. The third-order valence-electron chi connectivity index (χ3n) is 2.39. The summed E-state index contributed by atoms with van der Waals surface area (Å²) in [4.78, 5) is 13.6. The Morgan fingerprint density at radius 1 is 1.22 bits per heavy atom. The fraction of sp³-hybridized carbons (Fsp3) is 0.462. The van der Waals surface area contributed by atoms with Gasteiger partial charge in [-0.25, -0.2) is 4.39 Å². The molecule has 100 valence electrons. The molecule has 0 unspecified atom stereocenters. The molecule has 0 saturated carbocycles. The zero-order valence-electron chi connectivity index (χ0n) is 10.9. The first kappa shape index (κ1) is 14.6. The molecular weight excluding hydrogens is 233 g/mol. The zero-order valence-corrected chi connectivity index (χ0v) is 10.9. The molecule has 1 aromatic rings. The molecule has 0 aliphatic carbocycles. The Labute approximate surface area is 107 Å². The van der Waals surface area contributed by atoms with Crippen LogP contribution in [0.2, 0.25) is 0 Å². The number of hydrogen-bond acceptors (Lipinski definition) is 3. The van der Waals surface area contributed by atoms with Crippen LogP contribution >= 0.6 is 0 Å². The Hall–Kier alpha value is -1.46. The normalized spacial score (nSPS) is 10.7. The number of carbonyl (C=O) groups is 1. The molecule has 0 spiro atoms. The maximum atomic E-state index is 12.7. The maximum absolute atomic E-state index is 12.7. The van der Waals surface area contributed by atoms with E-state index in [-0.39, 0.29) is 11.7 Å². The average Bonchev–Trinajstić information content (AvgIpc) is 2.31. The molecule has 0 saturated heterocycles. The van der Waals surface area contributed by atoms with Crippen molar-refractivity contribution < 1.29 is 9.18 Å². The van der Waals surface area contributed by atoms with Crippen molar-refractivity contribution >= 4 is 11.6 Å². The topological polar surface area (TPSA) is 44.4 Å². The molecule has 0 aliphatic heterocycles. The van der Waals surface area contributed by atoms with E-state index in [0.29, 0.717) is 18.7 Å². The van der Waals surface area contributed by atoms with Crippen molar-refractivity contribution in [1.82, 2.24) is 10.2 Å². The van der Waals surface area contributed by atoms with Crippen LogP contribution in [0.15, 0.2) is 24.3 Å². The van der Waals surface area contributed by atoms with Crippen LogP contribution < -0.4 is 10.6 Å². The molecule has 5 heteroatoms. The fourth-order valence-corrected chi connectivity index (χ4v) is 1.39. The van der Waals surface area contributed by atoms with E-state index in [0.717, 1.165) is 13.1 Å². The monoisotopic (exact) mass is 253 g/mol. The molecule has 0 heterocycles. The first-order valence-corrected chi connectivity index (χ1v) is 5.99. The summed E-state index contributed by atoms with van der Waals surface area (Å²) in [6.07, 6.45) is 0.408. The van der Waals surface area contributed by atoms with Gasteiger partial charge in [0.05, 0.1) is 0 Å². The summed E-state index contributed by atoms with van der Waals surface area (Å²) in [6, 6.07) is 5.75. The molecule has 0 aromatic heterocycles. The summed E-state index contributed by atoms with van der Waals surface area (Å²) in [5.41, 5.74) is 0.620. The third kappa shape index (κ3) is 6.32. The first-order valence-electron chi connectivity index (χ1n) is 5.99. The van der Waals surface area contributed by atoms with Crippen molar-refractivity contribution in [2.45, 2.75) is 6.42 Å². The third-order valence-corrected chi connectivity index (χ3v) is 2.39. The zero-order chi connectivity index (χ0) is 13.4. The number of rotatable bonds is 7. The van der Waals surface area contributed by atoms with E-state index in [2.05, 4.69) is 15.5 Å². The van der Waals surface area contributed by atoms with Crippen molar-refractivity contribution in [1.29, 1.82) is 0 Å². The van der Waals surface area contributed by atoms with Crippen molar-refractivity contribution in [3.8, 4) is 0 Å². The number of hydrogen-bond donors (Lipinski definition) is 2. The van der Waals surface area contributed by atoms with Gasteiger partial charge in [-0.05, 0) is 38.4 Å². The van der Waals surface area contributed by atoms with E-state index < -0.39 is 0 Å². The van der Waals surface area contributed by atoms with Crippen LogP contribution in [0.25, 0.3) is 0 Å². The number of halogens is 1. The van der Waals surface area contributed by atoms with E-state index in [9.17, 15) is 9.18 Å². The Kier molecular flexibility index (Phi) is 6.32. The predicted octanol–water partition coefficient (Wildman–Crippen LogP) is 1.31. The summed E-state index contributed by atoms with van der Waals surface area (Å²) < 4.78 is 12.7. The van der Waals surface area contributed by atoms with Gasteiger partial charge in [0.15, 0.2) is 0 Å². The number of nitrogens with one attached hydrogen (secondary N) is 2. The van der Waals surface area contributed by atoms with Gasteiger partial charge >= 0.3 is 0 Å². The molecule has 1 rings (SSSR count). The summed E-state index contributed by atoms with van der Waals surface area (Å²) in [5.74, 6) is -0.377. The molecule has 0 bridgehead atoms. The SMILES string of the molecule is CN(C)CCNCCC(=O)Nc1ccc(F)cc1. The highest BCUT2D eigenvalue weighted by atomic mass is 19.1. The molecule has 2 N–H and O–H groups in total. The van der Waals surface area contributed by atoms with Gasteiger partial charge in [0.25, 0.3) is 0 Å². The Bertz CT molecular complexity index is 365. The second-order valence-electron chi connectivity index (χ2n) is 4.36. The van der Waals surface area contributed by atoms with E-state index in [1.165, 1.54) is 12.1 Å². The molecule has 0 radical (unpaired) electrons. The van der Waals surface area contributed by atoms with Gasteiger partial charge in [-0.2, -0.15) is 0 Å². The standard InChI is InChI=1S/C13H20FN3O/c1-17(2)10-9-15-8-7-13(18)16-12-5-3-11(14)4-6-12/h3-6,15H,7-10H2,1-2H3,(H,16,18). The molecule has 0 fully saturated rings. The molecule has 4 nitrogen and oxygen atoms in total. The largest absolute Gasteiger partial charge is 0.326 e. The molecule has 18 heavy (non-hydrogen) atoms. The fourth-order valence-electron chi connectivity index (χ4n) is 1.39. The number of nitrogens with zero attached hydrogens (tertiary/aromatic N) is 1. The van der Waals surface area contributed by atoms with E-state index in [1.54, 1.807) is 12.1 Å². The summed E-state index contributed by atoms with van der Waals surface area (Å²) in [7, 11) is 4.01. The lowest BCUT2D eigenvalue weighted by Crippen LogP contribution is -2.29. The van der Waals surface area contributed by atoms with Gasteiger partial charge in [0.1, 0.15) is 5.82 Å². The average molecular weight is 253 g/mol. The van der Waals surface area contributed by atoms with Gasteiger partial charge in [0, 0.05) is 31.7 Å². The lowest BCUT2D eigenvalue weighted by molar-refractivity contribution is -0.116. The van der Waals surface area contributed by atoms with Gasteiger partial charge < -0.3 is 15.5 Å². The molecule has 0 aliphatic rings. The molecule has 0 atom stereocenters. The Morgan fingerprint density at radius 2 is 1.89 bits per heavy atom. The van der Waals surface area contributed by atoms with E-state index in [4.69, 9.17) is 0 Å². The van der Waals surface area contributed by atoms with Crippen molar-refractivity contribution in [2.75, 3.05) is 39.0 Å². The lowest BCUT2D eigenvalue weighted by atomic mass is 10.3. The maximum Gasteiger partial charge on any atom is 0.225 e. The Balaban J connectivity index is 2.16. The van der Waals surface area contributed by atoms with Gasteiger partial charge in [-0.1, -0.05) is 0 Å². The van der Waals surface area contributed by atoms with Crippen molar-refractivity contribution in [3.63, 3.8) is 0 Å². The second kappa shape index (κ2) is 7.79. The van der Waals surface area contributed by atoms with Gasteiger partial charge in [-0.15, -0.1) is 0 Å².